The maximum Gasteiger partial charge on any atom is 0.0434 e. The van der Waals surface area contributed by atoms with Crippen molar-refractivity contribution in [2.24, 2.45) is 0 Å². The molecule has 0 aliphatic carbocycles. The van der Waals surface area contributed by atoms with Gasteiger partial charge in [0.1, 0.15) is 0 Å². The zero-order valence-corrected chi connectivity index (χ0v) is 12.9. The van der Waals surface area contributed by atoms with Gasteiger partial charge in [0.25, 0.3) is 0 Å². The summed E-state index contributed by atoms with van der Waals surface area (Å²) in [6.45, 7) is 0. The SMILES string of the molecule is Clc1ccc2sc3c4ccccc4c(Br)cc3c2c1. The number of halogens is 2. The van der Waals surface area contributed by atoms with Crippen molar-refractivity contribution in [3.05, 3.63) is 58.0 Å². The smallest absolute Gasteiger partial charge is 0.0434 e. The van der Waals surface area contributed by atoms with Crippen LogP contribution in [0, 0.1) is 0 Å². The van der Waals surface area contributed by atoms with Crippen molar-refractivity contribution in [2.75, 3.05) is 0 Å². The van der Waals surface area contributed by atoms with E-state index >= 15 is 0 Å². The second kappa shape index (κ2) is 4.20. The summed E-state index contributed by atoms with van der Waals surface area (Å²) >= 11 is 11.6. The average Bonchev–Trinajstić information content (AvgIpc) is 2.78. The maximum atomic E-state index is 6.13. The van der Waals surface area contributed by atoms with Crippen LogP contribution < -0.4 is 0 Å². The topological polar surface area (TPSA) is 0 Å². The van der Waals surface area contributed by atoms with Crippen LogP contribution in [0.2, 0.25) is 5.02 Å². The standard InChI is InChI=1S/C16H8BrClS/c17-14-8-13-12-7-9(18)5-6-15(12)19-16(13)11-4-2-1-3-10(11)14/h1-8H. The molecule has 1 heterocycles. The first-order valence-corrected chi connectivity index (χ1v) is 7.92. The summed E-state index contributed by atoms with van der Waals surface area (Å²) in [5.41, 5.74) is 0. The van der Waals surface area contributed by atoms with Gasteiger partial charge in [0.15, 0.2) is 0 Å². The van der Waals surface area contributed by atoms with E-state index in [0.29, 0.717) is 0 Å². The van der Waals surface area contributed by atoms with Crippen LogP contribution in [0.4, 0.5) is 0 Å². The molecule has 0 fully saturated rings. The lowest BCUT2D eigenvalue weighted by molar-refractivity contribution is 1.78. The Morgan fingerprint density at radius 3 is 2.47 bits per heavy atom. The molecule has 0 N–H and O–H groups in total. The Labute approximate surface area is 127 Å². The van der Waals surface area contributed by atoms with Crippen LogP contribution in [0.25, 0.3) is 30.9 Å². The highest BCUT2D eigenvalue weighted by Crippen LogP contribution is 2.41. The molecule has 0 bridgehead atoms. The molecule has 0 spiro atoms. The van der Waals surface area contributed by atoms with Crippen LogP contribution in [0.3, 0.4) is 0 Å². The molecule has 0 unspecified atom stereocenters. The van der Waals surface area contributed by atoms with Crippen LogP contribution in [0.5, 0.6) is 0 Å². The Hall–Kier alpha value is -1.09. The van der Waals surface area contributed by atoms with E-state index in [1.807, 2.05) is 17.4 Å². The van der Waals surface area contributed by atoms with Gasteiger partial charge in [-0.2, -0.15) is 0 Å². The zero-order chi connectivity index (χ0) is 13.0. The van der Waals surface area contributed by atoms with E-state index in [1.54, 1.807) is 0 Å². The second-order valence-electron chi connectivity index (χ2n) is 4.52. The molecule has 1 aromatic heterocycles. The van der Waals surface area contributed by atoms with E-state index in [-0.39, 0.29) is 0 Å². The highest BCUT2D eigenvalue weighted by atomic mass is 79.9. The zero-order valence-electron chi connectivity index (χ0n) is 9.78. The number of rotatable bonds is 0. The first-order valence-electron chi connectivity index (χ1n) is 5.93. The number of hydrogen-bond donors (Lipinski definition) is 0. The van der Waals surface area contributed by atoms with Gasteiger partial charge in [0, 0.05) is 35.1 Å². The minimum Gasteiger partial charge on any atom is -0.135 e. The summed E-state index contributed by atoms with van der Waals surface area (Å²) in [4.78, 5) is 0. The van der Waals surface area contributed by atoms with E-state index < -0.39 is 0 Å². The monoisotopic (exact) mass is 346 g/mol. The Balaban J connectivity index is 2.32. The fourth-order valence-electron chi connectivity index (χ4n) is 2.53. The van der Waals surface area contributed by atoms with E-state index in [4.69, 9.17) is 11.6 Å². The van der Waals surface area contributed by atoms with E-state index in [9.17, 15) is 0 Å². The Morgan fingerprint density at radius 1 is 0.842 bits per heavy atom. The summed E-state index contributed by atoms with van der Waals surface area (Å²) < 4.78 is 3.74. The van der Waals surface area contributed by atoms with E-state index in [2.05, 4.69) is 58.4 Å². The molecule has 0 saturated heterocycles. The summed E-state index contributed by atoms with van der Waals surface area (Å²) in [5.74, 6) is 0. The molecule has 0 nitrogen and oxygen atoms in total. The number of fused-ring (bicyclic) bond motifs is 5. The summed E-state index contributed by atoms with van der Waals surface area (Å²) in [6, 6.07) is 16.8. The molecule has 0 radical (unpaired) electrons. The van der Waals surface area contributed by atoms with Gasteiger partial charge in [-0.25, -0.2) is 0 Å². The van der Waals surface area contributed by atoms with Crippen molar-refractivity contribution in [1.29, 1.82) is 0 Å². The first-order chi connectivity index (χ1) is 9.24. The van der Waals surface area contributed by atoms with Gasteiger partial charge in [-0.3, -0.25) is 0 Å². The summed E-state index contributed by atoms with van der Waals surface area (Å²) in [7, 11) is 0. The number of hydrogen-bond acceptors (Lipinski definition) is 1. The molecule has 19 heavy (non-hydrogen) atoms. The summed E-state index contributed by atoms with van der Waals surface area (Å²) in [6.07, 6.45) is 0. The lowest BCUT2D eigenvalue weighted by atomic mass is 10.1. The summed E-state index contributed by atoms with van der Waals surface area (Å²) in [5, 5.41) is 5.85. The van der Waals surface area contributed by atoms with Crippen molar-refractivity contribution in [1.82, 2.24) is 0 Å². The number of thiophene rings is 1. The Bertz CT molecular complexity index is 940. The highest BCUT2D eigenvalue weighted by Gasteiger charge is 2.10. The molecule has 3 heteroatoms. The van der Waals surface area contributed by atoms with E-state index in [0.717, 1.165) is 9.50 Å². The van der Waals surface area contributed by atoms with Crippen molar-refractivity contribution in [3.63, 3.8) is 0 Å². The Kier molecular flexibility index (Phi) is 2.59. The van der Waals surface area contributed by atoms with E-state index in [1.165, 1.54) is 30.9 Å². The van der Waals surface area contributed by atoms with Gasteiger partial charge < -0.3 is 0 Å². The molecule has 4 aromatic rings. The van der Waals surface area contributed by atoms with Gasteiger partial charge in [-0.05, 0) is 29.7 Å². The second-order valence-corrected chi connectivity index (χ2v) is 6.87. The van der Waals surface area contributed by atoms with Crippen molar-refractivity contribution in [2.45, 2.75) is 0 Å². The fraction of sp³-hybridized carbons (Fsp3) is 0. The molecule has 3 aromatic carbocycles. The molecule has 0 atom stereocenters. The van der Waals surface area contributed by atoms with Gasteiger partial charge >= 0.3 is 0 Å². The molecule has 0 aliphatic heterocycles. The van der Waals surface area contributed by atoms with Gasteiger partial charge in [0.05, 0.1) is 0 Å². The molecule has 0 saturated carbocycles. The molecule has 4 rings (SSSR count). The predicted octanol–water partition coefficient (Wildman–Crippen LogP) is 6.62. The van der Waals surface area contributed by atoms with Crippen molar-refractivity contribution in [3.8, 4) is 0 Å². The molecular formula is C16H8BrClS. The van der Waals surface area contributed by atoms with Crippen LogP contribution in [-0.4, -0.2) is 0 Å². The minimum atomic E-state index is 0.788. The van der Waals surface area contributed by atoms with Gasteiger partial charge in [-0.1, -0.05) is 51.8 Å². The van der Waals surface area contributed by atoms with Crippen LogP contribution in [0.15, 0.2) is 53.0 Å². The van der Waals surface area contributed by atoms with Gasteiger partial charge in [-0.15, -0.1) is 11.3 Å². The average molecular weight is 348 g/mol. The fourth-order valence-corrected chi connectivity index (χ4v) is 4.47. The maximum absolute atomic E-state index is 6.13. The van der Waals surface area contributed by atoms with Crippen LogP contribution >= 0.6 is 38.9 Å². The van der Waals surface area contributed by atoms with Crippen molar-refractivity contribution < 1.29 is 0 Å². The van der Waals surface area contributed by atoms with Crippen LogP contribution in [-0.2, 0) is 0 Å². The predicted molar refractivity (Wildman–Crippen MR) is 89.5 cm³/mol. The molecular weight excluding hydrogens is 340 g/mol. The largest absolute Gasteiger partial charge is 0.135 e. The lowest BCUT2D eigenvalue weighted by Gasteiger charge is -2.02. The van der Waals surface area contributed by atoms with Crippen LogP contribution in [0.1, 0.15) is 0 Å². The molecule has 0 amide bonds. The minimum absolute atomic E-state index is 0.788. The number of benzene rings is 3. The third-order valence-electron chi connectivity index (χ3n) is 3.39. The normalized spacial score (nSPS) is 11.7. The van der Waals surface area contributed by atoms with Gasteiger partial charge in [0.2, 0.25) is 0 Å². The third kappa shape index (κ3) is 1.71. The highest BCUT2D eigenvalue weighted by molar-refractivity contribution is 9.10. The quantitative estimate of drug-likeness (QED) is 0.335. The molecule has 0 aliphatic rings. The molecule has 92 valence electrons. The van der Waals surface area contributed by atoms with Crippen molar-refractivity contribution >= 4 is 69.8 Å². The first kappa shape index (κ1) is 11.7. The Morgan fingerprint density at radius 2 is 1.63 bits per heavy atom. The lowest BCUT2D eigenvalue weighted by Crippen LogP contribution is -1.75. The third-order valence-corrected chi connectivity index (χ3v) is 5.50.